The van der Waals surface area contributed by atoms with Gasteiger partial charge < -0.3 is 24.8 Å². The highest BCUT2D eigenvalue weighted by atomic mass is 16.5. The van der Waals surface area contributed by atoms with Crippen molar-refractivity contribution in [3.8, 4) is 0 Å². The summed E-state index contributed by atoms with van der Waals surface area (Å²) in [5, 5.41) is 0. The van der Waals surface area contributed by atoms with Gasteiger partial charge in [0.15, 0.2) is 6.04 Å². The fraction of sp³-hybridized carbons (Fsp3) is 0.833. The molecule has 0 fully saturated rings. The zero-order valence-electron chi connectivity index (χ0n) is 11.9. The van der Waals surface area contributed by atoms with Gasteiger partial charge in [-0.05, 0) is 13.3 Å². The average Bonchev–Trinajstić information content (AvgIpc) is 2.41. The van der Waals surface area contributed by atoms with Crippen LogP contribution in [0.5, 0.6) is 0 Å². The summed E-state index contributed by atoms with van der Waals surface area (Å²) in [5.41, 5.74) is 5.59. The van der Waals surface area contributed by atoms with Gasteiger partial charge in [0.2, 0.25) is 0 Å². The first-order valence-electron chi connectivity index (χ1n) is 6.27. The summed E-state index contributed by atoms with van der Waals surface area (Å²) in [6.07, 6.45) is 0.668. The minimum absolute atomic E-state index is 0.196. The van der Waals surface area contributed by atoms with Crippen LogP contribution in [-0.4, -0.2) is 69.9 Å². The number of hydrogen-bond donors (Lipinski definition) is 1. The first-order chi connectivity index (χ1) is 9.08. The van der Waals surface area contributed by atoms with Gasteiger partial charge in [-0.15, -0.1) is 0 Å². The van der Waals surface area contributed by atoms with Gasteiger partial charge in [-0.2, -0.15) is 0 Å². The molecule has 2 N–H and O–H groups in total. The Kier molecular flexibility index (Phi) is 10.1. The van der Waals surface area contributed by atoms with Gasteiger partial charge in [0.25, 0.3) is 5.91 Å². The molecule has 19 heavy (non-hydrogen) atoms. The third-order valence-electron chi connectivity index (χ3n) is 2.46. The zero-order valence-corrected chi connectivity index (χ0v) is 11.9. The van der Waals surface area contributed by atoms with Crippen LogP contribution in [0.3, 0.4) is 0 Å². The number of carbonyl (C=O) groups excluding carboxylic acids is 2. The molecule has 1 unspecified atom stereocenters. The van der Waals surface area contributed by atoms with Crippen LogP contribution >= 0.6 is 0 Å². The third kappa shape index (κ3) is 7.09. The summed E-state index contributed by atoms with van der Waals surface area (Å²) < 4.78 is 14.6. The monoisotopic (exact) mass is 276 g/mol. The van der Waals surface area contributed by atoms with Gasteiger partial charge in [-0.1, -0.05) is 0 Å². The lowest BCUT2D eigenvalue weighted by Gasteiger charge is -2.24. The van der Waals surface area contributed by atoms with Crippen molar-refractivity contribution in [3.05, 3.63) is 0 Å². The van der Waals surface area contributed by atoms with E-state index in [9.17, 15) is 9.59 Å². The van der Waals surface area contributed by atoms with E-state index in [-0.39, 0.29) is 6.61 Å². The van der Waals surface area contributed by atoms with Crippen LogP contribution < -0.4 is 5.73 Å². The van der Waals surface area contributed by atoms with Gasteiger partial charge in [-0.3, -0.25) is 4.79 Å². The summed E-state index contributed by atoms with van der Waals surface area (Å²) in [6.45, 7) is 3.62. The molecule has 1 atom stereocenters. The van der Waals surface area contributed by atoms with Crippen molar-refractivity contribution in [2.75, 3.05) is 47.1 Å². The van der Waals surface area contributed by atoms with E-state index in [1.54, 1.807) is 21.1 Å². The molecule has 7 nitrogen and oxygen atoms in total. The maximum atomic E-state index is 12.1. The summed E-state index contributed by atoms with van der Waals surface area (Å²) in [4.78, 5) is 25.0. The van der Waals surface area contributed by atoms with E-state index in [1.807, 2.05) is 0 Å². The molecule has 0 saturated heterocycles. The molecule has 1 amide bonds. The normalized spacial score (nSPS) is 12.0. The van der Waals surface area contributed by atoms with E-state index in [0.717, 1.165) is 0 Å². The summed E-state index contributed by atoms with van der Waals surface area (Å²) in [6, 6.07) is -1.28. The topological polar surface area (TPSA) is 91.1 Å². The highest BCUT2D eigenvalue weighted by Crippen LogP contribution is 1.99. The number of carbonyl (C=O) groups is 2. The minimum atomic E-state index is -1.28. The molecule has 0 heterocycles. The molecule has 0 aromatic carbocycles. The van der Waals surface area contributed by atoms with E-state index in [1.165, 1.54) is 4.90 Å². The SMILES string of the molecule is CCOC(=O)C(N)C(=O)N(CCCOC)CCOC. The number of esters is 1. The van der Waals surface area contributed by atoms with E-state index in [2.05, 4.69) is 0 Å². The second kappa shape index (κ2) is 10.7. The predicted molar refractivity (Wildman–Crippen MR) is 69.6 cm³/mol. The van der Waals surface area contributed by atoms with Crippen molar-refractivity contribution in [2.45, 2.75) is 19.4 Å². The Morgan fingerprint density at radius 1 is 1.16 bits per heavy atom. The van der Waals surface area contributed by atoms with Crippen LogP contribution in [0.4, 0.5) is 0 Å². The Morgan fingerprint density at radius 2 is 1.79 bits per heavy atom. The smallest absolute Gasteiger partial charge is 0.332 e. The quantitative estimate of drug-likeness (QED) is 0.325. The molecule has 0 aliphatic heterocycles. The number of nitrogens with zero attached hydrogens (tertiary/aromatic N) is 1. The zero-order chi connectivity index (χ0) is 14.7. The minimum Gasteiger partial charge on any atom is -0.464 e. The molecule has 0 spiro atoms. The van der Waals surface area contributed by atoms with Crippen molar-refractivity contribution in [1.82, 2.24) is 4.90 Å². The highest BCUT2D eigenvalue weighted by Gasteiger charge is 2.27. The van der Waals surface area contributed by atoms with Gasteiger partial charge >= 0.3 is 5.97 Å². The molecular formula is C12H24N2O5. The average molecular weight is 276 g/mol. The molecule has 0 aliphatic rings. The summed E-state index contributed by atoms with van der Waals surface area (Å²) in [7, 11) is 3.13. The van der Waals surface area contributed by atoms with Crippen LogP contribution in [0.25, 0.3) is 0 Å². The maximum Gasteiger partial charge on any atom is 0.332 e. The van der Waals surface area contributed by atoms with E-state index in [4.69, 9.17) is 19.9 Å². The van der Waals surface area contributed by atoms with Crippen LogP contribution in [0.15, 0.2) is 0 Å². The molecule has 0 aliphatic carbocycles. The second-order valence-electron chi connectivity index (χ2n) is 3.89. The molecule has 112 valence electrons. The standard InChI is InChI=1S/C12H24N2O5/c1-4-19-12(16)10(13)11(15)14(7-9-18-3)6-5-8-17-2/h10H,4-9,13H2,1-3H3. The Morgan fingerprint density at radius 3 is 2.32 bits per heavy atom. The molecule has 7 heteroatoms. The number of hydrogen-bond acceptors (Lipinski definition) is 6. The fourth-order valence-electron chi connectivity index (χ4n) is 1.46. The largest absolute Gasteiger partial charge is 0.464 e. The van der Waals surface area contributed by atoms with Gasteiger partial charge in [-0.25, -0.2) is 4.79 Å². The number of methoxy groups -OCH3 is 2. The summed E-state index contributed by atoms with van der Waals surface area (Å²) in [5.74, 6) is -1.16. The Labute approximate surface area is 114 Å². The van der Waals surface area contributed by atoms with Crippen LogP contribution in [0.2, 0.25) is 0 Å². The van der Waals surface area contributed by atoms with E-state index < -0.39 is 17.9 Å². The van der Waals surface area contributed by atoms with Gasteiger partial charge in [0, 0.05) is 33.9 Å². The number of amides is 1. The molecule has 0 radical (unpaired) electrons. The Balaban J connectivity index is 4.45. The molecule has 0 bridgehead atoms. The van der Waals surface area contributed by atoms with Crippen molar-refractivity contribution >= 4 is 11.9 Å². The number of rotatable bonds is 10. The van der Waals surface area contributed by atoms with Crippen molar-refractivity contribution in [2.24, 2.45) is 5.73 Å². The Bertz CT molecular complexity index is 273. The van der Waals surface area contributed by atoms with Crippen molar-refractivity contribution in [3.63, 3.8) is 0 Å². The molecule has 0 aromatic heterocycles. The first-order valence-corrected chi connectivity index (χ1v) is 6.27. The Hall–Kier alpha value is -1.18. The molecule has 0 saturated carbocycles. The highest BCUT2D eigenvalue weighted by molar-refractivity contribution is 6.01. The van der Waals surface area contributed by atoms with Gasteiger partial charge in [0.05, 0.1) is 13.2 Å². The molecule has 0 rings (SSSR count). The maximum absolute atomic E-state index is 12.1. The fourth-order valence-corrected chi connectivity index (χ4v) is 1.46. The van der Waals surface area contributed by atoms with Crippen molar-refractivity contribution in [1.29, 1.82) is 0 Å². The van der Waals surface area contributed by atoms with Crippen LogP contribution in [0, 0.1) is 0 Å². The van der Waals surface area contributed by atoms with Crippen LogP contribution in [-0.2, 0) is 23.8 Å². The first kappa shape index (κ1) is 17.8. The molecule has 0 aromatic rings. The third-order valence-corrected chi connectivity index (χ3v) is 2.46. The lowest BCUT2D eigenvalue weighted by molar-refractivity contribution is -0.151. The van der Waals surface area contributed by atoms with E-state index >= 15 is 0 Å². The lowest BCUT2D eigenvalue weighted by atomic mass is 10.2. The second-order valence-corrected chi connectivity index (χ2v) is 3.89. The predicted octanol–water partition coefficient (Wildman–Crippen LogP) is -0.612. The lowest BCUT2D eigenvalue weighted by Crippen LogP contribution is -2.50. The number of ether oxygens (including phenoxy) is 3. The van der Waals surface area contributed by atoms with Crippen molar-refractivity contribution < 1.29 is 23.8 Å². The van der Waals surface area contributed by atoms with Gasteiger partial charge in [0.1, 0.15) is 0 Å². The number of nitrogens with two attached hydrogens (primary N) is 1. The molecular weight excluding hydrogens is 252 g/mol. The van der Waals surface area contributed by atoms with E-state index in [0.29, 0.717) is 32.7 Å². The summed E-state index contributed by atoms with van der Waals surface area (Å²) >= 11 is 0. The van der Waals surface area contributed by atoms with Crippen LogP contribution in [0.1, 0.15) is 13.3 Å².